The van der Waals surface area contributed by atoms with Crippen molar-refractivity contribution in [2.45, 2.75) is 13.1 Å². The Balaban J connectivity index is 2.36. The monoisotopic (exact) mass is 288 g/mol. The lowest BCUT2D eigenvalue weighted by Crippen LogP contribution is -2.06. The van der Waals surface area contributed by atoms with E-state index >= 15 is 0 Å². The first kappa shape index (κ1) is 13.6. The summed E-state index contributed by atoms with van der Waals surface area (Å²) in [5.74, 6) is 0.0984. The molecule has 2 aromatic rings. The number of aryl methyl sites for hydroxylation is 1. The van der Waals surface area contributed by atoms with Crippen LogP contribution >= 0.6 is 11.6 Å². The van der Waals surface area contributed by atoms with Gasteiger partial charge in [-0.3, -0.25) is 4.98 Å². The zero-order valence-electron chi connectivity index (χ0n) is 9.70. The molecule has 19 heavy (non-hydrogen) atoms. The number of pyridine rings is 2. The van der Waals surface area contributed by atoms with Crippen molar-refractivity contribution in [1.82, 2.24) is 9.97 Å². The molecule has 0 aromatic carbocycles. The molecule has 0 spiro atoms. The molecule has 0 aliphatic rings. The van der Waals surface area contributed by atoms with Gasteiger partial charge in [0.2, 0.25) is 5.88 Å². The van der Waals surface area contributed by atoms with Crippen molar-refractivity contribution in [3.63, 3.8) is 0 Å². The minimum atomic E-state index is -4.51. The standard InChI is InChI=1S/C12H8ClF3N2O/c1-7-9(3-2-4-17-7)19-11-6-8(12(14,15)16)5-10(13)18-11/h2-6H,1H3. The molecule has 0 aliphatic carbocycles. The molecule has 2 aromatic heterocycles. The van der Waals surface area contributed by atoms with Gasteiger partial charge in [0, 0.05) is 12.3 Å². The fourth-order valence-electron chi connectivity index (χ4n) is 1.38. The van der Waals surface area contributed by atoms with E-state index in [0.717, 1.165) is 12.1 Å². The molecule has 7 heteroatoms. The molecule has 0 atom stereocenters. The second kappa shape index (κ2) is 5.05. The number of nitrogens with zero attached hydrogens (tertiary/aromatic N) is 2. The summed E-state index contributed by atoms with van der Waals surface area (Å²) in [6.45, 7) is 1.67. The van der Waals surface area contributed by atoms with Crippen molar-refractivity contribution in [2.75, 3.05) is 0 Å². The molecule has 0 saturated heterocycles. The number of ether oxygens (including phenoxy) is 1. The van der Waals surface area contributed by atoms with Gasteiger partial charge in [-0.15, -0.1) is 0 Å². The third-order valence-corrected chi connectivity index (χ3v) is 2.46. The lowest BCUT2D eigenvalue weighted by Gasteiger charge is -2.10. The first-order chi connectivity index (χ1) is 8.86. The lowest BCUT2D eigenvalue weighted by atomic mass is 10.2. The molecular formula is C12H8ClF3N2O. The van der Waals surface area contributed by atoms with Crippen LogP contribution in [0.15, 0.2) is 30.5 Å². The molecular weight excluding hydrogens is 281 g/mol. The third-order valence-electron chi connectivity index (χ3n) is 2.27. The number of hydrogen-bond acceptors (Lipinski definition) is 3. The fourth-order valence-corrected chi connectivity index (χ4v) is 1.58. The Bertz CT molecular complexity index is 602. The van der Waals surface area contributed by atoms with Crippen LogP contribution in [0, 0.1) is 6.92 Å². The van der Waals surface area contributed by atoms with Crippen molar-refractivity contribution in [3.8, 4) is 11.6 Å². The quantitative estimate of drug-likeness (QED) is 0.775. The molecule has 3 nitrogen and oxygen atoms in total. The van der Waals surface area contributed by atoms with Crippen LogP contribution in [0.3, 0.4) is 0 Å². The van der Waals surface area contributed by atoms with Gasteiger partial charge < -0.3 is 4.74 Å². The number of halogens is 4. The van der Waals surface area contributed by atoms with Crippen molar-refractivity contribution < 1.29 is 17.9 Å². The summed E-state index contributed by atoms with van der Waals surface area (Å²) in [6.07, 6.45) is -2.95. The van der Waals surface area contributed by atoms with E-state index in [4.69, 9.17) is 16.3 Å². The largest absolute Gasteiger partial charge is 0.437 e. The van der Waals surface area contributed by atoms with Crippen LogP contribution in [0.5, 0.6) is 11.6 Å². The zero-order chi connectivity index (χ0) is 14.0. The molecule has 0 unspecified atom stereocenters. The minimum absolute atomic E-state index is 0.226. The Morgan fingerprint density at radius 3 is 2.63 bits per heavy atom. The summed E-state index contributed by atoms with van der Waals surface area (Å²) >= 11 is 5.56. The van der Waals surface area contributed by atoms with Crippen molar-refractivity contribution in [1.29, 1.82) is 0 Å². The van der Waals surface area contributed by atoms with Crippen LogP contribution in [0.4, 0.5) is 13.2 Å². The third kappa shape index (κ3) is 3.35. The van der Waals surface area contributed by atoms with Gasteiger partial charge in [-0.05, 0) is 25.1 Å². The van der Waals surface area contributed by atoms with Crippen LogP contribution in [-0.4, -0.2) is 9.97 Å². The van der Waals surface area contributed by atoms with Gasteiger partial charge in [0.15, 0.2) is 5.75 Å². The van der Waals surface area contributed by atoms with Crippen molar-refractivity contribution >= 4 is 11.6 Å². The first-order valence-corrected chi connectivity index (χ1v) is 5.58. The summed E-state index contributed by atoms with van der Waals surface area (Å²) in [5, 5.41) is -0.286. The van der Waals surface area contributed by atoms with Gasteiger partial charge in [-0.2, -0.15) is 13.2 Å². The Labute approximate surface area is 112 Å². The van der Waals surface area contributed by atoms with E-state index in [1.165, 1.54) is 0 Å². The van der Waals surface area contributed by atoms with Gasteiger partial charge in [0.25, 0.3) is 0 Å². The number of hydrogen-bond donors (Lipinski definition) is 0. The van der Waals surface area contributed by atoms with Gasteiger partial charge in [-0.25, -0.2) is 4.98 Å². The molecule has 0 bridgehead atoms. The van der Waals surface area contributed by atoms with E-state index in [2.05, 4.69) is 9.97 Å². The number of aromatic nitrogens is 2. The van der Waals surface area contributed by atoms with Crippen LogP contribution in [-0.2, 0) is 6.18 Å². The highest BCUT2D eigenvalue weighted by Gasteiger charge is 2.31. The van der Waals surface area contributed by atoms with Gasteiger partial charge in [0.05, 0.1) is 11.3 Å². The summed E-state index contributed by atoms with van der Waals surface area (Å²) in [7, 11) is 0. The van der Waals surface area contributed by atoms with Gasteiger partial charge >= 0.3 is 6.18 Å². The van der Waals surface area contributed by atoms with E-state index in [9.17, 15) is 13.2 Å². The summed E-state index contributed by atoms with van der Waals surface area (Å²) in [5.41, 5.74) is -0.373. The minimum Gasteiger partial charge on any atom is -0.437 e. The fraction of sp³-hybridized carbons (Fsp3) is 0.167. The van der Waals surface area contributed by atoms with E-state index in [1.54, 1.807) is 25.3 Å². The zero-order valence-corrected chi connectivity index (χ0v) is 10.5. The first-order valence-electron chi connectivity index (χ1n) is 5.20. The average Bonchev–Trinajstić information content (AvgIpc) is 2.30. The lowest BCUT2D eigenvalue weighted by molar-refractivity contribution is -0.137. The molecule has 2 heterocycles. The highest BCUT2D eigenvalue weighted by Crippen LogP contribution is 2.33. The Morgan fingerprint density at radius 1 is 1.26 bits per heavy atom. The predicted molar refractivity (Wildman–Crippen MR) is 63.3 cm³/mol. The van der Waals surface area contributed by atoms with E-state index < -0.39 is 11.7 Å². The van der Waals surface area contributed by atoms with Crippen molar-refractivity contribution in [2.24, 2.45) is 0 Å². The van der Waals surface area contributed by atoms with E-state index in [0.29, 0.717) is 11.4 Å². The maximum absolute atomic E-state index is 12.6. The van der Waals surface area contributed by atoms with E-state index in [-0.39, 0.29) is 11.0 Å². The van der Waals surface area contributed by atoms with Crippen LogP contribution in [0.25, 0.3) is 0 Å². The molecule has 0 radical (unpaired) electrons. The highest BCUT2D eigenvalue weighted by atomic mass is 35.5. The predicted octanol–water partition coefficient (Wildman–Crippen LogP) is 4.25. The molecule has 0 N–H and O–H groups in total. The summed E-state index contributed by atoms with van der Waals surface area (Å²) in [6, 6.07) is 4.72. The van der Waals surface area contributed by atoms with Gasteiger partial charge in [0.1, 0.15) is 5.15 Å². The maximum Gasteiger partial charge on any atom is 0.416 e. The molecule has 0 aliphatic heterocycles. The Kier molecular flexibility index (Phi) is 3.61. The maximum atomic E-state index is 12.6. The Hall–Kier alpha value is -1.82. The number of alkyl halides is 3. The van der Waals surface area contributed by atoms with Crippen LogP contribution in [0.2, 0.25) is 5.15 Å². The van der Waals surface area contributed by atoms with Crippen LogP contribution in [0.1, 0.15) is 11.3 Å². The highest BCUT2D eigenvalue weighted by molar-refractivity contribution is 6.29. The molecule has 100 valence electrons. The van der Waals surface area contributed by atoms with Crippen molar-refractivity contribution in [3.05, 3.63) is 46.9 Å². The Morgan fingerprint density at radius 2 is 2.00 bits per heavy atom. The molecule has 2 rings (SSSR count). The SMILES string of the molecule is Cc1ncccc1Oc1cc(C(F)(F)F)cc(Cl)n1. The van der Waals surface area contributed by atoms with Crippen LogP contribution < -0.4 is 4.74 Å². The van der Waals surface area contributed by atoms with E-state index in [1.807, 2.05) is 0 Å². The molecule has 0 fully saturated rings. The average molecular weight is 289 g/mol. The second-order valence-electron chi connectivity index (χ2n) is 3.70. The summed E-state index contributed by atoms with van der Waals surface area (Å²) in [4.78, 5) is 7.66. The topological polar surface area (TPSA) is 35.0 Å². The normalized spacial score (nSPS) is 11.4. The molecule has 0 amide bonds. The van der Waals surface area contributed by atoms with Gasteiger partial charge in [-0.1, -0.05) is 11.6 Å². The second-order valence-corrected chi connectivity index (χ2v) is 4.09. The molecule has 0 saturated carbocycles. The summed E-state index contributed by atoms with van der Waals surface area (Å²) < 4.78 is 43.1. The number of rotatable bonds is 2. The smallest absolute Gasteiger partial charge is 0.416 e.